The maximum atomic E-state index is 13.3. The van der Waals surface area contributed by atoms with Crippen LogP contribution in [-0.2, 0) is 6.42 Å². The molecule has 0 saturated carbocycles. The van der Waals surface area contributed by atoms with Crippen molar-refractivity contribution in [3.05, 3.63) is 148 Å². The number of thioether (sulfide) groups is 1. The average Bonchev–Trinajstić information content (AvgIpc) is 3.28. The molecule has 0 atom stereocenters. The van der Waals surface area contributed by atoms with E-state index in [1.165, 1.54) is 11.1 Å². The van der Waals surface area contributed by atoms with Crippen LogP contribution in [0.1, 0.15) is 27.0 Å². The maximum absolute atomic E-state index is 13.3. The molecule has 4 heteroatoms. The lowest BCUT2D eigenvalue weighted by Crippen LogP contribution is -2.19. The van der Waals surface area contributed by atoms with Crippen LogP contribution in [0.4, 0.5) is 5.69 Å². The number of benzene rings is 4. The fourth-order valence-electron chi connectivity index (χ4n) is 4.22. The molecule has 0 spiro atoms. The van der Waals surface area contributed by atoms with Crippen molar-refractivity contribution in [2.45, 2.75) is 13.3 Å². The van der Waals surface area contributed by atoms with Crippen molar-refractivity contribution in [2.24, 2.45) is 0 Å². The minimum atomic E-state index is -0.0370. The molecule has 0 aliphatic carbocycles. The van der Waals surface area contributed by atoms with Crippen molar-refractivity contribution in [2.75, 3.05) is 12.0 Å². The van der Waals surface area contributed by atoms with Gasteiger partial charge in [-0.25, -0.2) is 0 Å². The molecule has 5 rings (SSSR count). The molecule has 1 aliphatic rings. The quantitative estimate of drug-likeness (QED) is 0.195. The molecule has 0 fully saturated rings. The number of allylic oxidation sites excluding steroid dienone is 2. The first-order chi connectivity index (χ1) is 17.6. The molecule has 0 radical (unpaired) electrons. The molecule has 36 heavy (non-hydrogen) atoms. The topological polar surface area (TPSA) is 29.5 Å². The molecule has 0 saturated heterocycles. The zero-order chi connectivity index (χ0) is 24.9. The van der Waals surface area contributed by atoms with E-state index >= 15 is 0 Å². The van der Waals surface area contributed by atoms with Crippen LogP contribution in [0, 0.1) is 6.92 Å². The lowest BCUT2D eigenvalue weighted by atomic mass is 10.0. The van der Waals surface area contributed by atoms with E-state index in [9.17, 15) is 4.79 Å². The zero-order valence-corrected chi connectivity index (χ0v) is 21.2. The predicted octanol–water partition coefficient (Wildman–Crippen LogP) is 7.89. The van der Waals surface area contributed by atoms with Crippen LogP contribution in [0.15, 0.2) is 126 Å². The number of nitrogens with zero attached hydrogens (tertiary/aromatic N) is 1. The Morgan fingerprint density at radius 2 is 1.47 bits per heavy atom. The minimum absolute atomic E-state index is 0.0370. The highest BCUT2D eigenvalue weighted by Crippen LogP contribution is 2.49. The largest absolute Gasteiger partial charge is 0.497 e. The van der Waals surface area contributed by atoms with Gasteiger partial charge in [0.2, 0.25) is 0 Å². The second-order valence-electron chi connectivity index (χ2n) is 8.65. The molecule has 3 nitrogen and oxygen atoms in total. The summed E-state index contributed by atoms with van der Waals surface area (Å²) in [5.41, 5.74) is 6.44. The number of ether oxygens (including phenoxy) is 1. The number of hydrogen-bond acceptors (Lipinski definition) is 4. The summed E-state index contributed by atoms with van der Waals surface area (Å²) in [5, 5.41) is 0.892. The van der Waals surface area contributed by atoms with Gasteiger partial charge in [0, 0.05) is 34.3 Å². The number of hydrogen-bond donors (Lipinski definition) is 0. The van der Waals surface area contributed by atoms with E-state index in [4.69, 9.17) is 4.74 Å². The summed E-state index contributed by atoms with van der Waals surface area (Å²) >= 11 is 1.65. The third-order valence-electron chi connectivity index (χ3n) is 6.13. The van der Waals surface area contributed by atoms with E-state index in [-0.39, 0.29) is 5.78 Å². The molecule has 1 aliphatic heterocycles. The van der Waals surface area contributed by atoms with Gasteiger partial charge in [-0.1, -0.05) is 90.1 Å². The number of ketones is 1. The monoisotopic (exact) mass is 489 g/mol. The third kappa shape index (κ3) is 5.14. The second kappa shape index (κ2) is 10.7. The van der Waals surface area contributed by atoms with Crippen LogP contribution >= 0.6 is 11.8 Å². The molecule has 0 aromatic heterocycles. The summed E-state index contributed by atoms with van der Waals surface area (Å²) in [5.74, 6) is 0.693. The number of carbonyl (C=O) groups is 1. The van der Waals surface area contributed by atoms with Crippen molar-refractivity contribution in [3.63, 3.8) is 0 Å². The van der Waals surface area contributed by atoms with Crippen molar-refractivity contribution < 1.29 is 9.53 Å². The maximum Gasteiger partial charge on any atom is 0.188 e. The van der Waals surface area contributed by atoms with E-state index in [1.807, 2.05) is 48.5 Å². The van der Waals surface area contributed by atoms with Gasteiger partial charge in [-0.3, -0.25) is 4.79 Å². The molecule has 0 unspecified atom stereocenters. The smallest absolute Gasteiger partial charge is 0.188 e. The first-order valence-corrected chi connectivity index (χ1v) is 12.7. The first kappa shape index (κ1) is 23.7. The van der Waals surface area contributed by atoms with Crippen LogP contribution in [0.2, 0.25) is 0 Å². The van der Waals surface area contributed by atoms with Crippen LogP contribution in [0.5, 0.6) is 5.75 Å². The van der Waals surface area contributed by atoms with Gasteiger partial charge in [-0.15, -0.1) is 0 Å². The highest BCUT2D eigenvalue weighted by molar-refractivity contribution is 8.12. The normalized spacial score (nSPS) is 14.4. The average molecular weight is 490 g/mol. The number of methoxy groups -OCH3 is 1. The van der Waals surface area contributed by atoms with Gasteiger partial charge in [0.05, 0.1) is 12.1 Å². The van der Waals surface area contributed by atoms with E-state index < -0.39 is 0 Å². The Labute approximate surface area is 216 Å². The van der Waals surface area contributed by atoms with Crippen molar-refractivity contribution >= 4 is 28.1 Å². The first-order valence-electron chi connectivity index (χ1n) is 11.9. The molecular formula is C32H27NO2S. The lowest BCUT2D eigenvalue weighted by Gasteiger charge is -2.24. The van der Waals surface area contributed by atoms with E-state index in [0.29, 0.717) is 5.56 Å². The summed E-state index contributed by atoms with van der Waals surface area (Å²) < 4.78 is 5.25. The number of aryl methyl sites for hydroxylation is 1. The fourth-order valence-corrected chi connectivity index (χ4v) is 5.44. The van der Waals surface area contributed by atoms with E-state index in [1.54, 1.807) is 24.9 Å². The summed E-state index contributed by atoms with van der Waals surface area (Å²) in [6.07, 6.45) is 2.50. The van der Waals surface area contributed by atoms with Gasteiger partial charge >= 0.3 is 0 Å². The SMILES string of the molecule is COc1ccc(C(=O)/C=C2\SC(c3ccccc3)=C(Cc3ccc(C)cc3)N2c2ccccc2)cc1. The highest BCUT2D eigenvalue weighted by Gasteiger charge is 2.31. The van der Waals surface area contributed by atoms with E-state index in [2.05, 4.69) is 72.5 Å². The third-order valence-corrected chi connectivity index (χ3v) is 7.32. The standard InChI is InChI=1S/C32H27NO2S/c1-23-13-15-24(16-14-23)21-29-32(26-9-5-3-6-10-26)36-31(33(29)27-11-7-4-8-12-27)22-30(34)25-17-19-28(35-2)20-18-25/h3-20,22H,21H2,1-2H3/b31-22-. The molecular weight excluding hydrogens is 462 g/mol. The van der Waals surface area contributed by atoms with Crippen LogP contribution in [0.25, 0.3) is 4.91 Å². The van der Waals surface area contributed by atoms with Gasteiger partial charge < -0.3 is 9.64 Å². The van der Waals surface area contributed by atoms with Gasteiger partial charge in [-0.05, 0) is 54.4 Å². The predicted molar refractivity (Wildman–Crippen MR) is 150 cm³/mol. The molecule has 4 aromatic rings. The Morgan fingerprint density at radius 1 is 0.833 bits per heavy atom. The highest BCUT2D eigenvalue weighted by atomic mass is 32.2. The molecule has 0 amide bonds. The summed E-state index contributed by atoms with van der Waals surface area (Å²) in [6.45, 7) is 2.10. The number of anilines is 1. The van der Waals surface area contributed by atoms with Crippen LogP contribution < -0.4 is 9.64 Å². The Bertz CT molecular complexity index is 1410. The van der Waals surface area contributed by atoms with Crippen LogP contribution in [-0.4, -0.2) is 12.9 Å². The van der Waals surface area contributed by atoms with Crippen molar-refractivity contribution in [1.82, 2.24) is 0 Å². The molecule has 0 N–H and O–H groups in total. The second-order valence-corrected chi connectivity index (χ2v) is 9.68. The summed E-state index contributed by atoms with van der Waals surface area (Å²) in [7, 11) is 1.62. The Balaban J connectivity index is 1.61. The summed E-state index contributed by atoms with van der Waals surface area (Å²) in [6, 6.07) is 36.6. The van der Waals surface area contributed by atoms with Gasteiger partial charge in [0.15, 0.2) is 5.78 Å². The lowest BCUT2D eigenvalue weighted by molar-refractivity contribution is 0.104. The van der Waals surface area contributed by atoms with Gasteiger partial charge in [0.25, 0.3) is 0 Å². The Morgan fingerprint density at radius 3 is 2.11 bits per heavy atom. The van der Waals surface area contributed by atoms with Crippen molar-refractivity contribution in [1.29, 1.82) is 0 Å². The summed E-state index contributed by atoms with van der Waals surface area (Å²) in [4.78, 5) is 16.7. The van der Waals surface area contributed by atoms with Crippen molar-refractivity contribution in [3.8, 4) is 5.75 Å². The van der Waals surface area contributed by atoms with Crippen LogP contribution in [0.3, 0.4) is 0 Å². The zero-order valence-electron chi connectivity index (χ0n) is 20.3. The number of para-hydroxylation sites is 1. The van der Waals surface area contributed by atoms with Gasteiger partial charge in [0.1, 0.15) is 5.75 Å². The molecule has 178 valence electrons. The molecule has 0 bridgehead atoms. The number of carbonyl (C=O) groups excluding carboxylic acids is 1. The fraction of sp³-hybridized carbons (Fsp3) is 0.0938. The minimum Gasteiger partial charge on any atom is -0.497 e. The van der Waals surface area contributed by atoms with Gasteiger partial charge in [-0.2, -0.15) is 0 Å². The number of rotatable bonds is 7. The van der Waals surface area contributed by atoms with E-state index in [0.717, 1.165) is 39.1 Å². The Hall–Kier alpha value is -4.02. The molecule has 1 heterocycles. The Kier molecular flexibility index (Phi) is 7.06. The molecule has 4 aromatic carbocycles.